The minimum Gasteiger partial charge on any atom is -0.201 e. The fourth-order valence-electron chi connectivity index (χ4n) is 1.43. The van der Waals surface area contributed by atoms with Gasteiger partial charge < -0.3 is 0 Å². The van der Waals surface area contributed by atoms with Crippen LogP contribution in [0.4, 0.5) is 17.6 Å². The zero-order valence-corrected chi connectivity index (χ0v) is 11.8. The minimum absolute atomic E-state index is 0.491. The molecule has 2 rings (SSSR count). The Labute approximate surface area is 123 Å². The lowest BCUT2D eigenvalue weighted by atomic mass is 10.1. The molecular formula is C12H3BrF4N2S. The van der Waals surface area contributed by atoms with Crippen LogP contribution in [0.3, 0.4) is 0 Å². The molecule has 0 amide bonds. The van der Waals surface area contributed by atoms with Gasteiger partial charge in [-0.2, -0.15) is 19.0 Å². The summed E-state index contributed by atoms with van der Waals surface area (Å²) in [6, 6.07) is 4.76. The van der Waals surface area contributed by atoms with Crippen LogP contribution < -0.4 is 0 Å². The van der Waals surface area contributed by atoms with Gasteiger partial charge in [0.25, 0.3) is 11.9 Å². The van der Waals surface area contributed by atoms with Gasteiger partial charge in [-0.15, -0.1) is 11.3 Å². The number of pyridine rings is 1. The number of hydrogen-bond acceptors (Lipinski definition) is 3. The second-order valence-corrected chi connectivity index (χ2v) is 6.00. The Morgan fingerprint density at radius 3 is 2.25 bits per heavy atom. The third kappa shape index (κ3) is 2.73. The first-order chi connectivity index (χ1) is 9.43. The number of nitriles is 1. The molecule has 0 atom stereocenters. The summed E-state index contributed by atoms with van der Waals surface area (Å²) in [5.41, 5.74) is -1.60. The van der Waals surface area contributed by atoms with E-state index in [9.17, 15) is 17.6 Å². The average molecular weight is 363 g/mol. The van der Waals surface area contributed by atoms with Gasteiger partial charge in [0.05, 0.1) is 14.9 Å². The second kappa shape index (κ2) is 5.73. The molecule has 0 N–H and O–H groups in total. The molecule has 20 heavy (non-hydrogen) atoms. The Morgan fingerprint density at radius 1 is 1.20 bits per heavy atom. The van der Waals surface area contributed by atoms with Crippen molar-refractivity contribution in [3.63, 3.8) is 0 Å². The van der Waals surface area contributed by atoms with Gasteiger partial charge in [0.15, 0.2) is 11.6 Å². The first-order valence-corrected chi connectivity index (χ1v) is 6.62. The van der Waals surface area contributed by atoms with Crippen molar-refractivity contribution in [2.75, 3.05) is 0 Å². The SMILES string of the molecule is N#C/C(=C\c1ccc(Br)s1)c1c(F)c(F)nc(F)c1F. The maximum absolute atomic E-state index is 13.5. The van der Waals surface area contributed by atoms with Crippen molar-refractivity contribution in [3.8, 4) is 6.07 Å². The largest absolute Gasteiger partial charge is 0.252 e. The Hall–Kier alpha value is -1.72. The van der Waals surface area contributed by atoms with Crippen LogP contribution in [0, 0.1) is 34.9 Å². The lowest BCUT2D eigenvalue weighted by molar-refractivity contribution is 0.404. The third-order valence-electron chi connectivity index (χ3n) is 2.27. The molecule has 0 aromatic carbocycles. The van der Waals surface area contributed by atoms with E-state index in [0.29, 0.717) is 4.88 Å². The number of nitrogens with zero attached hydrogens (tertiary/aromatic N) is 2. The van der Waals surface area contributed by atoms with Crippen LogP contribution in [0.15, 0.2) is 15.9 Å². The Kier molecular flexibility index (Phi) is 4.20. The Bertz CT molecular complexity index is 722. The van der Waals surface area contributed by atoms with Crippen molar-refractivity contribution in [3.05, 3.63) is 49.9 Å². The number of rotatable bonds is 2. The van der Waals surface area contributed by atoms with Gasteiger partial charge >= 0.3 is 0 Å². The van der Waals surface area contributed by atoms with E-state index >= 15 is 0 Å². The Balaban J connectivity index is 2.65. The van der Waals surface area contributed by atoms with Gasteiger partial charge in [-0.1, -0.05) is 0 Å². The molecule has 0 saturated carbocycles. The summed E-state index contributed by atoms with van der Waals surface area (Å²) < 4.78 is 53.9. The first kappa shape index (κ1) is 14.7. The van der Waals surface area contributed by atoms with E-state index in [4.69, 9.17) is 5.26 Å². The second-order valence-electron chi connectivity index (χ2n) is 3.51. The highest BCUT2D eigenvalue weighted by Crippen LogP contribution is 2.29. The highest BCUT2D eigenvalue weighted by atomic mass is 79.9. The summed E-state index contributed by atoms with van der Waals surface area (Å²) in [5.74, 6) is -7.00. The van der Waals surface area contributed by atoms with E-state index in [2.05, 4.69) is 20.9 Å². The lowest BCUT2D eigenvalue weighted by Gasteiger charge is -2.04. The van der Waals surface area contributed by atoms with E-state index in [-0.39, 0.29) is 0 Å². The molecular weight excluding hydrogens is 360 g/mol. The maximum Gasteiger partial charge on any atom is 0.252 e. The molecule has 0 radical (unpaired) electrons. The monoisotopic (exact) mass is 362 g/mol. The van der Waals surface area contributed by atoms with Crippen molar-refractivity contribution >= 4 is 38.9 Å². The topological polar surface area (TPSA) is 36.7 Å². The van der Waals surface area contributed by atoms with E-state index < -0.39 is 34.7 Å². The van der Waals surface area contributed by atoms with E-state index in [1.165, 1.54) is 17.4 Å². The van der Waals surface area contributed by atoms with Crippen LogP contribution >= 0.6 is 27.3 Å². The van der Waals surface area contributed by atoms with Crippen molar-refractivity contribution in [2.45, 2.75) is 0 Å². The maximum atomic E-state index is 13.5. The zero-order chi connectivity index (χ0) is 14.9. The number of thiophene rings is 1. The summed E-state index contributed by atoms with van der Waals surface area (Å²) in [5, 5.41) is 8.95. The van der Waals surface area contributed by atoms with E-state index in [1.54, 1.807) is 12.1 Å². The van der Waals surface area contributed by atoms with Crippen LogP contribution in [0.25, 0.3) is 11.6 Å². The molecule has 2 aromatic rings. The molecule has 0 unspecified atom stereocenters. The number of allylic oxidation sites excluding steroid dienone is 1. The fourth-order valence-corrected chi connectivity index (χ4v) is 2.80. The van der Waals surface area contributed by atoms with E-state index in [1.807, 2.05) is 0 Å². The normalized spacial score (nSPS) is 11.5. The number of halogens is 5. The van der Waals surface area contributed by atoms with Gasteiger partial charge in [-0.25, -0.2) is 8.78 Å². The quantitative estimate of drug-likeness (QED) is 0.447. The van der Waals surface area contributed by atoms with Gasteiger partial charge in [0, 0.05) is 4.88 Å². The zero-order valence-electron chi connectivity index (χ0n) is 9.42. The van der Waals surface area contributed by atoms with Crippen LogP contribution in [-0.4, -0.2) is 4.98 Å². The molecule has 0 aliphatic carbocycles. The minimum atomic E-state index is -1.80. The van der Waals surface area contributed by atoms with Crippen LogP contribution in [0.1, 0.15) is 10.4 Å². The predicted octanol–water partition coefficient (Wildman–Crippen LogP) is 4.53. The van der Waals surface area contributed by atoms with Crippen molar-refractivity contribution in [2.24, 2.45) is 0 Å². The van der Waals surface area contributed by atoms with E-state index in [0.717, 1.165) is 9.86 Å². The molecule has 0 saturated heterocycles. The molecule has 2 nitrogen and oxygen atoms in total. The smallest absolute Gasteiger partial charge is 0.201 e. The average Bonchev–Trinajstić information content (AvgIpc) is 2.81. The first-order valence-electron chi connectivity index (χ1n) is 5.01. The van der Waals surface area contributed by atoms with Gasteiger partial charge in [-0.05, 0) is 34.1 Å². The Morgan fingerprint density at radius 2 is 1.80 bits per heavy atom. The van der Waals surface area contributed by atoms with Crippen molar-refractivity contribution in [1.29, 1.82) is 5.26 Å². The van der Waals surface area contributed by atoms with Crippen molar-refractivity contribution in [1.82, 2.24) is 4.98 Å². The van der Waals surface area contributed by atoms with Crippen molar-refractivity contribution < 1.29 is 17.6 Å². The van der Waals surface area contributed by atoms with Gasteiger partial charge in [0.2, 0.25) is 0 Å². The molecule has 8 heteroatoms. The summed E-state index contributed by atoms with van der Waals surface area (Å²) in [6.45, 7) is 0. The summed E-state index contributed by atoms with van der Waals surface area (Å²) in [4.78, 5) is 2.93. The number of hydrogen-bond donors (Lipinski definition) is 0. The standard InChI is InChI=1S/C12H3BrF4N2S/c13-7-2-1-6(20-7)3-5(4-18)8-9(14)11(16)19-12(17)10(8)15/h1-3H/b5-3+. The summed E-state index contributed by atoms with van der Waals surface area (Å²) in [7, 11) is 0. The molecule has 2 aromatic heterocycles. The lowest BCUT2D eigenvalue weighted by Crippen LogP contribution is -2.05. The molecule has 0 bridgehead atoms. The molecule has 0 fully saturated rings. The predicted molar refractivity (Wildman–Crippen MR) is 69.6 cm³/mol. The fraction of sp³-hybridized carbons (Fsp3) is 0. The van der Waals surface area contributed by atoms with Crippen LogP contribution in [0.5, 0.6) is 0 Å². The molecule has 102 valence electrons. The molecule has 2 heterocycles. The number of aromatic nitrogens is 1. The highest BCUT2D eigenvalue weighted by molar-refractivity contribution is 9.11. The molecule has 0 aliphatic rings. The van der Waals surface area contributed by atoms with Gasteiger partial charge in [0.1, 0.15) is 6.07 Å². The van der Waals surface area contributed by atoms with Crippen LogP contribution in [0.2, 0.25) is 0 Å². The molecule has 0 spiro atoms. The summed E-state index contributed by atoms with van der Waals surface area (Å²) >= 11 is 4.37. The highest BCUT2D eigenvalue weighted by Gasteiger charge is 2.23. The van der Waals surface area contributed by atoms with Gasteiger partial charge in [-0.3, -0.25) is 0 Å². The summed E-state index contributed by atoms with van der Waals surface area (Å²) in [6.07, 6.45) is 1.13. The van der Waals surface area contributed by atoms with Crippen LogP contribution in [-0.2, 0) is 0 Å². The molecule has 0 aliphatic heterocycles. The third-order valence-corrected chi connectivity index (χ3v) is 3.84.